The summed E-state index contributed by atoms with van der Waals surface area (Å²) in [5.41, 5.74) is -0.342. The molecule has 0 aromatic carbocycles. The first kappa shape index (κ1) is 50.4. The summed E-state index contributed by atoms with van der Waals surface area (Å²) in [4.78, 5) is 13.0. The Labute approximate surface area is 345 Å². The average molecular weight is 816 g/mol. The molecule has 1 saturated heterocycles. The highest BCUT2D eigenvalue weighted by Gasteiger charge is 2.68. The molecule has 11 heteroatoms. The van der Waals surface area contributed by atoms with Crippen LogP contribution in [-0.2, 0) is 14.3 Å². The van der Waals surface area contributed by atoms with Crippen LogP contribution < -0.4 is 5.32 Å². The second-order valence-corrected chi connectivity index (χ2v) is 18.6. The lowest BCUT2D eigenvalue weighted by Gasteiger charge is -2.66. The van der Waals surface area contributed by atoms with Gasteiger partial charge in [0.25, 0.3) is 0 Å². The van der Waals surface area contributed by atoms with Crippen molar-refractivity contribution in [2.45, 2.75) is 267 Å². The van der Waals surface area contributed by atoms with E-state index in [0.717, 1.165) is 64.2 Å². The van der Waals surface area contributed by atoms with E-state index in [-0.39, 0.29) is 18.9 Å². The Bertz CT molecular complexity index is 1020. The average Bonchev–Trinajstić information content (AvgIpc) is 3.17. The minimum atomic E-state index is -1.61. The van der Waals surface area contributed by atoms with Gasteiger partial charge < -0.3 is 45.4 Å². The first-order valence-corrected chi connectivity index (χ1v) is 23.8. The van der Waals surface area contributed by atoms with Gasteiger partial charge in [-0.1, -0.05) is 167 Å². The Morgan fingerprint density at radius 3 is 1.61 bits per heavy atom. The molecule has 57 heavy (non-hydrogen) atoms. The Hall–Kier alpha value is -0.920. The van der Waals surface area contributed by atoms with Crippen molar-refractivity contribution in [1.29, 1.82) is 0 Å². The van der Waals surface area contributed by atoms with Crippen molar-refractivity contribution in [3.8, 4) is 0 Å². The maximum atomic E-state index is 13.6. The molecule has 5 unspecified atom stereocenters. The second kappa shape index (κ2) is 28.6. The molecule has 0 radical (unpaired) electrons. The van der Waals surface area contributed by atoms with Gasteiger partial charge in [0.05, 0.1) is 25.4 Å². The van der Waals surface area contributed by atoms with Crippen molar-refractivity contribution in [3.05, 3.63) is 0 Å². The van der Waals surface area contributed by atoms with Crippen molar-refractivity contribution in [3.63, 3.8) is 0 Å². The fraction of sp³-hybridized carbons (Fsp3) is 0.978. The first-order valence-electron chi connectivity index (χ1n) is 23.8. The molecule has 0 aromatic rings. The van der Waals surface area contributed by atoms with Gasteiger partial charge in [-0.25, -0.2) is 4.39 Å². The SMILES string of the molecule is CCCCCCCCCCCCCC[C@@H](O)[C@@H](O)[C@H](COC1OC(CO)C(O)C(O)C1O)NC(=O)CCCCCCCCCCCCCCCCC12CC(F)(C1)C2. The highest BCUT2D eigenvalue weighted by atomic mass is 19.1. The van der Waals surface area contributed by atoms with Crippen molar-refractivity contribution < 1.29 is 49.3 Å². The van der Waals surface area contributed by atoms with E-state index in [0.29, 0.717) is 18.3 Å². The van der Waals surface area contributed by atoms with Gasteiger partial charge in [-0.2, -0.15) is 0 Å². The van der Waals surface area contributed by atoms with Crippen LogP contribution >= 0.6 is 0 Å². The Balaban J connectivity index is 1.25. The van der Waals surface area contributed by atoms with Gasteiger partial charge in [0.1, 0.15) is 36.2 Å². The summed E-state index contributed by atoms with van der Waals surface area (Å²) in [6.07, 6.45) is 25.7. The van der Waals surface area contributed by atoms with E-state index in [9.17, 15) is 39.8 Å². The van der Waals surface area contributed by atoms with Crippen molar-refractivity contribution >= 4 is 5.91 Å². The zero-order chi connectivity index (χ0) is 41.4. The Morgan fingerprint density at radius 2 is 1.14 bits per heavy atom. The first-order chi connectivity index (χ1) is 27.5. The Kier molecular flexibility index (Phi) is 25.3. The molecule has 4 fully saturated rings. The van der Waals surface area contributed by atoms with E-state index in [4.69, 9.17) is 9.47 Å². The van der Waals surface area contributed by atoms with Crippen LogP contribution in [0, 0.1) is 5.41 Å². The molecule has 10 nitrogen and oxygen atoms in total. The number of carbonyl (C=O) groups is 1. The number of hydrogen-bond acceptors (Lipinski definition) is 9. The number of nitrogens with one attached hydrogen (secondary N) is 1. The van der Waals surface area contributed by atoms with Crippen LogP contribution in [0.1, 0.15) is 212 Å². The summed E-state index contributed by atoms with van der Waals surface area (Å²) >= 11 is 0. The van der Waals surface area contributed by atoms with Gasteiger partial charge in [-0.3, -0.25) is 4.79 Å². The number of unbranched alkanes of at least 4 members (excludes halogenated alkanes) is 24. The molecule has 3 aliphatic carbocycles. The summed E-state index contributed by atoms with van der Waals surface area (Å²) in [6.45, 7) is 1.33. The summed E-state index contributed by atoms with van der Waals surface area (Å²) in [6, 6.07) is -0.995. The number of aliphatic hydroxyl groups excluding tert-OH is 6. The van der Waals surface area contributed by atoms with Gasteiger partial charge in [-0.05, 0) is 43.9 Å². The smallest absolute Gasteiger partial charge is 0.220 e. The van der Waals surface area contributed by atoms with E-state index in [2.05, 4.69) is 12.2 Å². The van der Waals surface area contributed by atoms with Crippen LogP contribution in [0.15, 0.2) is 0 Å². The zero-order valence-corrected chi connectivity index (χ0v) is 35.9. The molecule has 3 saturated carbocycles. The van der Waals surface area contributed by atoms with Crippen molar-refractivity contribution in [1.82, 2.24) is 5.32 Å². The zero-order valence-electron chi connectivity index (χ0n) is 35.9. The minimum absolute atomic E-state index is 0.265. The summed E-state index contributed by atoms with van der Waals surface area (Å²) in [7, 11) is 0. The molecule has 1 heterocycles. The molecule has 7 N–H and O–H groups in total. The van der Waals surface area contributed by atoms with Crippen LogP contribution in [0.4, 0.5) is 4.39 Å². The quantitative estimate of drug-likeness (QED) is 0.0306. The third kappa shape index (κ3) is 19.1. The van der Waals surface area contributed by atoms with Gasteiger partial charge in [0, 0.05) is 6.42 Å². The van der Waals surface area contributed by atoms with Crippen molar-refractivity contribution in [2.75, 3.05) is 13.2 Å². The number of halogens is 1. The number of alkyl halides is 1. The summed E-state index contributed by atoms with van der Waals surface area (Å²) in [5, 5.41) is 65.1. The van der Waals surface area contributed by atoms with E-state index >= 15 is 0 Å². The molecule has 1 aliphatic heterocycles. The van der Waals surface area contributed by atoms with Crippen LogP contribution in [-0.4, -0.2) is 104 Å². The summed E-state index contributed by atoms with van der Waals surface area (Å²) in [5.74, 6) is -0.265. The molecule has 0 aromatic heterocycles. The fourth-order valence-electron chi connectivity index (χ4n) is 9.57. The third-order valence-electron chi connectivity index (χ3n) is 13.2. The molecular formula is C46H86FNO9. The second-order valence-electron chi connectivity index (χ2n) is 18.6. The van der Waals surface area contributed by atoms with Crippen LogP contribution in [0.2, 0.25) is 0 Å². The van der Waals surface area contributed by atoms with Crippen LogP contribution in [0.3, 0.4) is 0 Å². The van der Waals surface area contributed by atoms with Crippen LogP contribution in [0.5, 0.6) is 0 Å². The highest BCUT2D eigenvalue weighted by molar-refractivity contribution is 5.76. The number of hydrogen-bond donors (Lipinski definition) is 7. The molecule has 0 spiro atoms. The van der Waals surface area contributed by atoms with Crippen molar-refractivity contribution in [2.24, 2.45) is 5.41 Å². The van der Waals surface area contributed by atoms with Crippen LogP contribution in [0.25, 0.3) is 0 Å². The van der Waals surface area contributed by atoms with E-state index < -0.39 is 61.2 Å². The standard InChI is InChI=1S/C46H86FNO9/c1-2-3-4-5-6-7-8-13-16-19-22-25-28-37(50)40(52)36(32-56-44-43(55)42(54)41(53)38(31-49)57-44)48-39(51)29-26-23-20-17-14-11-9-10-12-15-18-21-24-27-30-45-33-46(47,34-45)35-45/h36-38,40-44,49-50,52-55H,2-35H2,1H3,(H,48,51)/t36-,37+,38?,40-,41?,42?,43?,44?,45?,46?/m0/s1. The largest absolute Gasteiger partial charge is 0.394 e. The van der Waals surface area contributed by atoms with Gasteiger partial charge in [-0.15, -0.1) is 0 Å². The van der Waals surface area contributed by atoms with Gasteiger partial charge in [0.2, 0.25) is 5.91 Å². The minimum Gasteiger partial charge on any atom is -0.394 e. The molecule has 4 rings (SSSR count). The van der Waals surface area contributed by atoms with E-state index in [1.807, 2.05) is 0 Å². The molecule has 4 aliphatic rings. The lowest BCUT2D eigenvalue weighted by atomic mass is 9.41. The summed E-state index contributed by atoms with van der Waals surface area (Å²) < 4.78 is 24.8. The number of aliphatic hydroxyl groups is 6. The Morgan fingerprint density at radius 1 is 0.684 bits per heavy atom. The predicted molar refractivity (Wildman–Crippen MR) is 223 cm³/mol. The number of ether oxygens (including phenoxy) is 2. The maximum absolute atomic E-state index is 13.6. The van der Waals surface area contributed by atoms with E-state index in [1.54, 1.807) is 0 Å². The fourth-order valence-corrected chi connectivity index (χ4v) is 9.57. The normalized spacial score (nSPS) is 28.4. The predicted octanol–water partition coefficient (Wildman–Crippen LogP) is 8.23. The monoisotopic (exact) mass is 816 g/mol. The third-order valence-corrected chi connectivity index (χ3v) is 13.2. The molecule has 336 valence electrons. The number of amides is 1. The lowest BCUT2D eigenvalue weighted by molar-refractivity contribution is -0.303. The molecule has 8 atom stereocenters. The molecular weight excluding hydrogens is 730 g/mol. The van der Waals surface area contributed by atoms with E-state index in [1.165, 1.54) is 122 Å². The highest BCUT2D eigenvalue weighted by Crippen LogP contribution is 2.71. The van der Waals surface area contributed by atoms with Gasteiger partial charge in [0.15, 0.2) is 6.29 Å². The topological polar surface area (TPSA) is 169 Å². The maximum Gasteiger partial charge on any atom is 0.220 e. The number of carbonyl (C=O) groups excluding carboxylic acids is 1. The molecule has 2 bridgehead atoms. The number of rotatable bonds is 37. The van der Waals surface area contributed by atoms with Gasteiger partial charge >= 0.3 is 0 Å². The lowest BCUT2D eigenvalue weighted by Crippen LogP contribution is -2.64. The molecule has 1 amide bonds.